The van der Waals surface area contributed by atoms with E-state index >= 15 is 0 Å². The number of pyridine rings is 1. The van der Waals surface area contributed by atoms with Crippen molar-refractivity contribution in [1.29, 1.82) is 0 Å². The molecule has 0 saturated heterocycles. The lowest BCUT2D eigenvalue weighted by molar-refractivity contribution is 1.08. The first-order valence-corrected chi connectivity index (χ1v) is 7.40. The fraction of sp³-hybridized carbons (Fsp3) is 0.200. The normalized spacial score (nSPS) is 10.9. The molecule has 0 spiro atoms. The Bertz CT molecular complexity index is 736. The first-order chi connectivity index (χ1) is 9.74. The predicted octanol–water partition coefficient (Wildman–Crippen LogP) is 3.85. The zero-order valence-electron chi connectivity index (χ0n) is 11.5. The van der Waals surface area contributed by atoms with E-state index in [4.69, 9.17) is 0 Å². The topological polar surface area (TPSA) is 53.6 Å². The third-order valence-electron chi connectivity index (χ3n) is 2.92. The number of rotatable bonds is 4. The predicted molar refractivity (Wildman–Crippen MR) is 83.4 cm³/mol. The average Bonchev–Trinajstić information content (AvgIpc) is 2.81. The molecule has 0 unspecified atom stereocenters. The van der Waals surface area contributed by atoms with Gasteiger partial charge in [0.25, 0.3) is 0 Å². The van der Waals surface area contributed by atoms with Crippen LogP contribution >= 0.6 is 11.8 Å². The molecule has 2 N–H and O–H groups in total. The van der Waals surface area contributed by atoms with Gasteiger partial charge in [0.15, 0.2) is 5.16 Å². The molecule has 0 radical (unpaired) electrons. The molecule has 2 aromatic heterocycles. The van der Waals surface area contributed by atoms with Crippen LogP contribution in [0.15, 0.2) is 46.6 Å². The van der Waals surface area contributed by atoms with E-state index in [1.807, 2.05) is 24.4 Å². The van der Waals surface area contributed by atoms with Gasteiger partial charge in [-0.3, -0.25) is 0 Å². The van der Waals surface area contributed by atoms with E-state index in [0.717, 1.165) is 33.4 Å². The highest BCUT2D eigenvalue weighted by Crippen LogP contribution is 2.28. The Morgan fingerprint density at radius 2 is 2.15 bits per heavy atom. The van der Waals surface area contributed by atoms with Crippen LogP contribution in [0.2, 0.25) is 0 Å². The van der Waals surface area contributed by atoms with Gasteiger partial charge in [-0.05, 0) is 43.7 Å². The lowest BCUT2D eigenvalue weighted by Crippen LogP contribution is -1.98. The van der Waals surface area contributed by atoms with E-state index in [-0.39, 0.29) is 0 Å². The van der Waals surface area contributed by atoms with Gasteiger partial charge >= 0.3 is 0 Å². The number of nitrogens with zero attached hydrogens (tertiary/aromatic N) is 2. The monoisotopic (exact) mass is 284 g/mol. The quantitative estimate of drug-likeness (QED) is 0.764. The van der Waals surface area contributed by atoms with Crippen LogP contribution in [0.1, 0.15) is 12.5 Å². The standard InChI is InChI=1S/C15H16N4S/c1-3-16-14-9-11(6-7-17-14)20-15-18-12-5-4-10(2)8-13(12)19-15/h4-9H,3H2,1-2H3,(H,16,17)(H,18,19). The van der Waals surface area contributed by atoms with Crippen LogP contribution in [-0.2, 0) is 0 Å². The minimum atomic E-state index is 0.866. The van der Waals surface area contributed by atoms with Crippen molar-refractivity contribution in [3.63, 3.8) is 0 Å². The molecule has 5 heteroatoms. The van der Waals surface area contributed by atoms with Crippen LogP contribution in [0, 0.1) is 6.92 Å². The van der Waals surface area contributed by atoms with Crippen molar-refractivity contribution in [2.45, 2.75) is 23.9 Å². The number of benzene rings is 1. The van der Waals surface area contributed by atoms with Crippen molar-refractivity contribution in [2.24, 2.45) is 0 Å². The van der Waals surface area contributed by atoms with Crippen LogP contribution in [-0.4, -0.2) is 21.5 Å². The number of aryl methyl sites for hydroxylation is 1. The smallest absolute Gasteiger partial charge is 0.171 e. The second kappa shape index (κ2) is 5.54. The summed E-state index contributed by atoms with van der Waals surface area (Å²) in [5.74, 6) is 0.893. The van der Waals surface area contributed by atoms with Crippen LogP contribution in [0.5, 0.6) is 0 Å². The number of H-pyrrole nitrogens is 1. The third kappa shape index (κ3) is 2.77. The molecule has 0 aliphatic carbocycles. The zero-order chi connectivity index (χ0) is 13.9. The zero-order valence-corrected chi connectivity index (χ0v) is 12.3. The summed E-state index contributed by atoms with van der Waals surface area (Å²) >= 11 is 1.61. The van der Waals surface area contributed by atoms with Crippen LogP contribution in [0.3, 0.4) is 0 Å². The molecule has 2 heterocycles. The number of nitrogens with one attached hydrogen (secondary N) is 2. The molecular formula is C15H16N4S. The second-order valence-corrected chi connectivity index (χ2v) is 5.63. The molecule has 102 valence electrons. The van der Waals surface area contributed by atoms with E-state index < -0.39 is 0 Å². The van der Waals surface area contributed by atoms with Crippen molar-refractivity contribution in [1.82, 2.24) is 15.0 Å². The number of anilines is 1. The average molecular weight is 284 g/mol. The Morgan fingerprint density at radius 3 is 3.00 bits per heavy atom. The highest BCUT2D eigenvalue weighted by Gasteiger charge is 2.05. The lowest BCUT2D eigenvalue weighted by Gasteiger charge is -2.03. The fourth-order valence-corrected chi connectivity index (χ4v) is 2.84. The van der Waals surface area contributed by atoms with E-state index in [1.54, 1.807) is 11.8 Å². The van der Waals surface area contributed by atoms with Gasteiger partial charge in [-0.25, -0.2) is 9.97 Å². The highest BCUT2D eigenvalue weighted by molar-refractivity contribution is 7.99. The number of imidazole rings is 1. The van der Waals surface area contributed by atoms with Gasteiger partial charge in [0.05, 0.1) is 11.0 Å². The van der Waals surface area contributed by atoms with Crippen LogP contribution < -0.4 is 5.32 Å². The van der Waals surface area contributed by atoms with E-state index in [9.17, 15) is 0 Å². The van der Waals surface area contributed by atoms with E-state index in [0.29, 0.717) is 0 Å². The van der Waals surface area contributed by atoms with Crippen molar-refractivity contribution in [2.75, 3.05) is 11.9 Å². The molecular weight excluding hydrogens is 268 g/mol. The maximum atomic E-state index is 4.59. The SMILES string of the molecule is CCNc1cc(Sc2nc3ccc(C)cc3[nH]2)ccn1. The van der Waals surface area contributed by atoms with Crippen molar-refractivity contribution < 1.29 is 0 Å². The Labute approximate surface area is 122 Å². The van der Waals surface area contributed by atoms with Crippen LogP contribution in [0.4, 0.5) is 5.82 Å². The molecule has 0 atom stereocenters. The van der Waals surface area contributed by atoms with Crippen molar-refractivity contribution >= 4 is 28.6 Å². The van der Waals surface area contributed by atoms with Gasteiger partial charge in [-0.2, -0.15) is 0 Å². The Kier molecular flexibility index (Phi) is 3.60. The largest absolute Gasteiger partial charge is 0.370 e. The number of aromatic nitrogens is 3. The van der Waals surface area contributed by atoms with Crippen molar-refractivity contribution in [3.05, 3.63) is 42.1 Å². The van der Waals surface area contributed by atoms with E-state index in [2.05, 4.69) is 46.2 Å². The summed E-state index contributed by atoms with van der Waals surface area (Å²) in [6, 6.07) is 10.3. The summed E-state index contributed by atoms with van der Waals surface area (Å²) in [6.45, 7) is 5.01. The molecule has 0 aliphatic rings. The maximum absolute atomic E-state index is 4.59. The Hall–Kier alpha value is -2.01. The fourth-order valence-electron chi connectivity index (χ4n) is 2.01. The lowest BCUT2D eigenvalue weighted by atomic mass is 10.2. The highest BCUT2D eigenvalue weighted by atomic mass is 32.2. The first-order valence-electron chi connectivity index (χ1n) is 6.59. The summed E-state index contributed by atoms with van der Waals surface area (Å²) in [5, 5.41) is 4.11. The van der Waals surface area contributed by atoms with E-state index in [1.165, 1.54) is 5.56 Å². The van der Waals surface area contributed by atoms with Gasteiger partial charge < -0.3 is 10.3 Å². The van der Waals surface area contributed by atoms with Gasteiger partial charge in [0.2, 0.25) is 0 Å². The summed E-state index contributed by atoms with van der Waals surface area (Å²) in [4.78, 5) is 13.3. The maximum Gasteiger partial charge on any atom is 0.171 e. The van der Waals surface area contributed by atoms with Gasteiger partial charge in [0.1, 0.15) is 5.82 Å². The number of aromatic amines is 1. The summed E-state index contributed by atoms with van der Waals surface area (Å²) in [5.41, 5.74) is 3.31. The van der Waals surface area contributed by atoms with Gasteiger partial charge in [0, 0.05) is 17.6 Å². The Balaban J connectivity index is 1.87. The molecule has 3 aromatic rings. The molecule has 0 saturated carbocycles. The molecule has 0 aliphatic heterocycles. The molecule has 0 amide bonds. The molecule has 1 aromatic carbocycles. The van der Waals surface area contributed by atoms with Gasteiger partial charge in [-0.1, -0.05) is 17.8 Å². The minimum absolute atomic E-state index is 0.866. The van der Waals surface area contributed by atoms with Gasteiger partial charge in [-0.15, -0.1) is 0 Å². The van der Waals surface area contributed by atoms with Crippen molar-refractivity contribution in [3.8, 4) is 0 Å². The summed E-state index contributed by atoms with van der Waals surface area (Å²) in [7, 11) is 0. The minimum Gasteiger partial charge on any atom is -0.370 e. The molecule has 0 bridgehead atoms. The second-order valence-electron chi connectivity index (χ2n) is 4.57. The molecule has 4 nitrogen and oxygen atoms in total. The Morgan fingerprint density at radius 1 is 1.25 bits per heavy atom. The summed E-state index contributed by atoms with van der Waals surface area (Å²) < 4.78 is 0. The number of hydrogen-bond acceptors (Lipinski definition) is 4. The number of fused-ring (bicyclic) bond motifs is 1. The molecule has 3 rings (SSSR count). The molecule has 20 heavy (non-hydrogen) atoms. The third-order valence-corrected chi connectivity index (χ3v) is 3.80. The first kappa shape index (κ1) is 13.0. The number of hydrogen-bond donors (Lipinski definition) is 2. The van der Waals surface area contributed by atoms with Crippen LogP contribution in [0.25, 0.3) is 11.0 Å². The molecule has 0 fully saturated rings. The summed E-state index contributed by atoms with van der Waals surface area (Å²) in [6.07, 6.45) is 1.81.